The van der Waals surface area contributed by atoms with Crippen molar-refractivity contribution >= 4 is 23.4 Å². The highest BCUT2D eigenvalue weighted by molar-refractivity contribution is 7.99. The van der Waals surface area contributed by atoms with Gasteiger partial charge in [0.25, 0.3) is 5.91 Å². The van der Waals surface area contributed by atoms with E-state index in [0.717, 1.165) is 16.1 Å². The molecule has 0 saturated carbocycles. The fraction of sp³-hybridized carbons (Fsp3) is 0.0526. The quantitative estimate of drug-likeness (QED) is 0.524. The lowest BCUT2D eigenvalue weighted by Crippen LogP contribution is -2.13. The van der Waals surface area contributed by atoms with Gasteiger partial charge in [-0.1, -0.05) is 6.07 Å². The first-order valence-corrected chi connectivity index (χ1v) is 9.21. The third-order valence-corrected chi connectivity index (χ3v) is 4.80. The maximum Gasteiger partial charge on any atom is 0.255 e. The maximum absolute atomic E-state index is 12.7. The van der Waals surface area contributed by atoms with Gasteiger partial charge in [-0.2, -0.15) is 0 Å². The number of anilines is 1. The molecule has 0 atom stereocenters. The lowest BCUT2D eigenvalue weighted by Gasteiger charge is -2.10. The normalized spacial score (nSPS) is 10.6. The van der Waals surface area contributed by atoms with Gasteiger partial charge in [0.2, 0.25) is 0 Å². The third kappa shape index (κ3) is 4.04. The Balaban J connectivity index is 1.50. The molecule has 4 rings (SSSR count). The minimum atomic E-state index is -0.204. The molecule has 0 fully saturated rings. The first-order chi connectivity index (χ1) is 13.7. The van der Waals surface area contributed by atoms with E-state index in [1.807, 2.05) is 31.2 Å². The van der Waals surface area contributed by atoms with Crippen molar-refractivity contribution in [2.45, 2.75) is 17.0 Å². The highest BCUT2D eigenvalue weighted by atomic mass is 32.2. The standard InChI is InChI=1S/C19H15N7OS/c1-13-10-16(28-19-20-8-3-9-21-19)6-7-17(13)23-18(27)14-4-2-5-15(11-14)26-12-22-24-25-26/h2-12H,1H3,(H,23,27). The number of carbonyl (C=O) groups excluding carboxylic acids is 1. The molecule has 138 valence electrons. The van der Waals surface area contributed by atoms with Crippen LogP contribution in [0.4, 0.5) is 5.69 Å². The summed E-state index contributed by atoms with van der Waals surface area (Å²) in [7, 11) is 0. The molecule has 0 bridgehead atoms. The van der Waals surface area contributed by atoms with Crippen LogP contribution in [0, 0.1) is 6.92 Å². The number of hydrogen-bond donors (Lipinski definition) is 1. The average molecular weight is 389 g/mol. The van der Waals surface area contributed by atoms with Crippen LogP contribution in [0.2, 0.25) is 0 Å². The van der Waals surface area contributed by atoms with Crippen LogP contribution >= 0.6 is 11.8 Å². The zero-order valence-electron chi connectivity index (χ0n) is 14.9. The minimum absolute atomic E-state index is 0.204. The molecular weight excluding hydrogens is 374 g/mol. The van der Waals surface area contributed by atoms with Gasteiger partial charge in [-0.15, -0.1) is 5.10 Å². The van der Waals surface area contributed by atoms with Crippen molar-refractivity contribution < 1.29 is 4.79 Å². The predicted molar refractivity (Wildman–Crippen MR) is 104 cm³/mol. The molecule has 0 aliphatic rings. The zero-order chi connectivity index (χ0) is 19.3. The molecular formula is C19H15N7OS. The SMILES string of the molecule is Cc1cc(Sc2ncccn2)ccc1NC(=O)c1cccc(-n2cnnn2)c1. The highest BCUT2D eigenvalue weighted by Crippen LogP contribution is 2.28. The van der Waals surface area contributed by atoms with Gasteiger partial charge >= 0.3 is 0 Å². The van der Waals surface area contributed by atoms with Crippen molar-refractivity contribution in [3.05, 3.63) is 78.4 Å². The number of nitrogens with one attached hydrogen (secondary N) is 1. The number of rotatable bonds is 5. The number of aryl methyl sites for hydroxylation is 1. The van der Waals surface area contributed by atoms with Crippen LogP contribution in [0.3, 0.4) is 0 Å². The van der Waals surface area contributed by atoms with E-state index in [9.17, 15) is 4.79 Å². The molecule has 0 radical (unpaired) electrons. The Morgan fingerprint density at radius 1 is 1.07 bits per heavy atom. The molecule has 0 spiro atoms. The molecule has 2 aromatic carbocycles. The van der Waals surface area contributed by atoms with Crippen LogP contribution in [0.5, 0.6) is 0 Å². The molecule has 2 heterocycles. The summed E-state index contributed by atoms with van der Waals surface area (Å²) in [6, 6.07) is 14.7. The Kier molecular flexibility index (Phi) is 5.07. The van der Waals surface area contributed by atoms with Crippen molar-refractivity contribution in [1.29, 1.82) is 0 Å². The molecule has 1 amide bonds. The lowest BCUT2D eigenvalue weighted by atomic mass is 10.1. The summed E-state index contributed by atoms with van der Waals surface area (Å²) in [4.78, 5) is 22.1. The number of aromatic nitrogens is 6. The van der Waals surface area contributed by atoms with Gasteiger partial charge in [-0.25, -0.2) is 14.6 Å². The Bertz CT molecular complexity index is 1100. The topological polar surface area (TPSA) is 98.5 Å². The molecule has 9 heteroatoms. The first kappa shape index (κ1) is 17.8. The van der Waals surface area contributed by atoms with E-state index >= 15 is 0 Å². The van der Waals surface area contributed by atoms with Crippen LogP contribution in [0.15, 0.2) is 77.3 Å². The van der Waals surface area contributed by atoms with Crippen molar-refractivity contribution in [2.75, 3.05) is 5.32 Å². The maximum atomic E-state index is 12.7. The van der Waals surface area contributed by atoms with Crippen molar-refractivity contribution in [3.8, 4) is 5.69 Å². The zero-order valence-corrected chi connectivity index (χ0v) is 15.7. The lowest BCUT2D eigenvalue weighted by molar-refractivity contribution is 0.102. The second kappa shape index (κ2) is 7.97. The molecule has 4 aromatic rings. The predicted octanol–water partition coefficient (Wildman–Crippen LogP) is 3.16. The summed E-state index contributed by atoms with van der Waals surface area (Å²) in [5.41, 5.74) is 2.93. The first-order valence-electron chi connectivity index (χ1n) is 8.39. The van der Waals surface area contributed by atoms with Gasteiger partial charge in [-0.3, -0.25) is 4.79 Å². The summed E-state index contributed by atoms with van der Waals surface area (Å²) in [6.45, 7) is 1.95. The second-order valence-corrected chi connectivity index (χ2v) is 6.91. The van der Waals surface area contributed by atoms with E-state index in [-0.39, 0.29) is 5.91 Å². The summed E-state index contributed by atoms with van der Waals surface area (Å²) < 4.78 is 1.50. The average Bonchev–Trinajstić information content (AvgIpc) is 3.26. The molecule has 0 aliphatic heterocycles. The fourth-order valence-corrected chi connectivity index (χ4v) is 3.36. The Hall–Kier alpha value is -3.59. The largest absolute Gasteiger partial charge is 0.322 e. The Morgan fingerprint density at radius 2 is 1.93 bits per heavy atom. The monoisotopic (exact) mass is 389 g/mol. The molecule has 0 unspecified atom stereocenters. The van der Waals surface area contributed by atoms with E-state index in [2.05, 4.69) is 30.8 Å². The molecule has 28 heavy (non-hydrogen) atoms. The van der Waals surface area contributed by atoms with Crippen LogP contribution in [-0.4, -0.2) is 36.1 Å². The van der Waals surface area contributed by atoms with E-state index in [1.165, 1.54) is 22.8 Å². The van der Waals surface area contributed by atoms with Crippen LogP contribution < -0.4 is 5.32 Å². The van der Waals surface area contributed by atoms with E-state index < -0.39 is 0 Å². The summed E-state index contributed by atoms with van der Waals surface area (Å²) in [5, 5.41) is 14.7. The van der Waals surface area contributed by atoms with Gasteiger partial charge in [0.05, 0.1) is 5.69 Å². The van der Waals surface area contributed by atoms with Gasteiger partial charge in [0.1, 0.15) is 6.33 Å². The number of tetrazole rings is 1. The molecule has 2 aromatic heterocycles. The number of hydrogen-bond acceptors (Lipinski definition) is 7. The van der Waals surface area contributed by atoms with Crippen molar-refractivity contribution in [2.24, 2.45) is 0 Å². The van der Waals surface area contributed by atoms with E-state index in [1.54, 1.807) is 36.7 Å². The van der Waals surface area contributed by atoms with E-state index in [0.29, 0.717) is 16.4 Å². The summed E-state index contributed by atoms with van der Waals surface area (Å²) in [5.74, 6) is -0.204. The minimum Gasteiger partial charge on any atom is -0.322 e. The molecule has 8 nitrogen and oxygen atoms in total. The Morgan fingerprint density at radius 3 is 2.68 bits per heavy atom. The number of nitrogens with zero attached hydrogens (tertiary/aromatic N) is 6. The highest BCUT2D eigenvalue weighted by Gasteiger charge is 2.10. The number of amides is 1. The molecule has 0 saturated heterocycles. The molecule has 1 N–H and O–H groups in total. The Labute approximate surface area is 165 Å². The van der Waals surface area contributed by atoms with Crippen LogP contribution in [0.1, 0.15) is 15.9 Å². The second-order valence-electron chi connectivity index (χ2n) is 5.87. The van der Waals surface area contributed by atoms with Crippen molar-refractivity contribution in [1.82, 2.24) is 30.2 Å². The fourth-order valence-electron chi connectivity index (χ4n) is 2.55. The third-order valence-electron chi connectivity index (χ3n) is 3.92. The smallest absolute Gasteiger partial charge is 0.255 e. The number of carbonyl (C=O) groups is 1. The number of benzene rings is 2. The van der Waals surface area contributed by atoms with Gasteiger partial charge in [0, 0.05) is 28.5 Å². The van der Waals surface area contributed by atoms with Gasteiger partial charge < -0.3 is 5.32 Å². The van der Waals surface area contributed by atoms with Crippen LogP contribution in [0.25, 0.3) is 5.69 Å². The van der Waals surface area contributed by atoms with Gasteiger partial charge in [-0.05, 0) is 77.1 Å². The molecule has 0 aliphatic carbocycles. The summed E-state index contributed by atoms with van der Waals surface area (Å²) in [6.07, 6.45) is 4.90. The summed E-state index contributed by atoms with van der Waals surface area (Å²) >= 11 is 1.47. The van der Waals surface area contributed by atoms with Gasteiger partial charge in [0.15, 0.2) is 5.16 Å². The van der Waals surface area contributed by atoms with Crippen LogP contribution in [-0.2, 0) is 0 Å². The van der Waals surface area contributed by atoms with Crippen molar-refractivity contribution in [3.63, 3.8) is 0 Å². The van der Waals surface area contributed by atoms with E-state index in [4.69, 9.17) is 0 Å².